The van der Waals surface area contributed by atoms with Gasteiger partial charge in [0.05, 0.1) is 5.56 Å². The number of nitrogens with one attached hydrogen (secondary N) is 1. The fourth-order valence-electron chi connectivity index (χ4n) is 2.93. The highest BCUT2D eigenvalue weighted by molar-refractivity contribution is 7.13. The second-order valence-corrected chi connectivity index (χ2v) is 7.23. The van der Waals surface area contributed by atoms with Crippen molar-refractivity contribution in [2.24, 2.45) is 0 Å². The molecule has 1 saturated heterocycles. The Morgan fingerprint density at radius 3 is 2.79 bits per heavy atom. The van der Waals surface area contributed by atoms with Crippen LogP contribution in [0.15, 0.2) is 29.6 Å². The average molecular weight is 341 g/mol. The van der Waals surface area contributed by atoms with Crippen molar-refractivity contribution in [2.45, 2.75) is 25.2 Å². The molecule has 1 aliphatic rings. The van der Waals surface area contributed by atoms with Crippen molar-refractivity contribution in [1.29, 1.82) is 10.7 Å². The molecule has 1 N–H and O–H groups in total. The summed E-state index contributed by atoms with van der Waals surface area (Å²) in [6.07, 6.45) is 0.854. The molecule has 0 saturated carbocycles. The molecule has 0 radical (unpaired) electrons. The number of rotatable bonds is 2. The molecule has 1 aliphatic heterocycles. The Bertz CT molecular complexity index is 863. The number of hydrogen-bond acceptors (Lipinski definition) is 4. The number of piperidine rings is 1. The van der Waals surface area contributed by atoms with Gasteiger partial charge in [0.25, 0.3) is 0 Å². The number of hydrogen-bond donors (Lipinski definition) is 1. The standard InChI is InChI=1S/C18H16FN3OS/c1-18(7-16(21)22(2)17(23)8-18)13-6-15(24-10-13)11-3-4-14(19)12(5-11)9-20/h3-6,10,21H,7-8H2,1-2H3/t18-/m0/s1. The zero-order valence-corrected chi connectivity index (χ0v) is 14.2. The first-order valence-electron chi connectivity index (χ1n) is 7.47. The van der Waals surface area contributed by atoms with Crippen LogP contribution < -0.4 is 0 Å². The Kier molecular flexibility index (Phi) is 3.98. The number of thiophene rings is 1. The number of nitriles is 1. The third-order valence-corrected chi connectivity index (χ3v) is 5.52. The Labute approximate surface area is 143 Å². The second-order valence-electron chi connectivity index (χ2n) is 6.32. The maximum absolute atomic E-state index is 13.5. The molecule has 0 spiro atoms. The molecule has 4 nitrogen and oxygen atoms in total. The molecule has 24 heavy (non-hydrogen) atoms. The van der Waals surface area contributed by atoms with Crippen LogP contribution >= 0.6 is 11.3 Å². The highest BCUT2D eigenvalue weighted by Gasteiger charge is 2.38. The lowest BCUT2D eigenvalue weighted by molar-refractivity contribution is -0.128. The third-order valence-electron chi connectivity index (χ3n) is 4.55. The molecule has 0 unspecified atom stereocenters. The maximum Gasteiger partial charge on any atom is 0.228 e. The molecule has 2 heterocycles. The molecule has 0 aliphatic carbocycles. The average Bonchev–Trinajstić information content (AvgIpc) is 3.04. The molecule has 1 atom stereocenters. The predicted octanol–water partition coefficient (Wildman–Crippen LogP) is 3.91. The van der Waals surface area contributed by atoms with Crippen LogP contribution in [0.25, 0.3) is 10.4 Å². The van der Waals surface area contributed by atoms with E-state index in [1.807, 2.05) is 24.4 Å². The number of carbonyl (C=O) groups excluding carboxylic acids is 1. The number of likely N-dealkylation sites (tertiary alicyclic amines) is 1. The van der Waals surface area contributed by atoms with Crippen LogP contribution in [0.2, 0.25) is 0 Å². The van der Waals surface area contributed by atoms with Gasteiger partial charge in [-0.05, 0) is 34.7 Å². The van der Waals surface area contributed by atoms with Gasteiger partial charge in [0.1, 0.15) is 17.7 Å². The van der Waals surface area contributed by atoms with Crippen molar-refractivity contribution < 1.29 is 9.18 Å². The Balaban J connectivity index is 1.95. The lowest BCUT2D eigenvalue weighted by Crippen LogP contribution is -2.46. The molecule has 6 heteroatoms. The number of amidine groups is 1. The largest absolute Gasteiger partial charge is 0.304 e. The molecule has 122 valence electrons. The Hall–Kier alpha value is -2.52. The monoisotopic (exact) mass is 341 g/mol. The van der Waals surface area contributed by atoms with Gasteiger partial charge in [0.2, 0.25) is 5.91 Å². The van der Waals surface area contributed by atoms with Gasteiger partial charge in [-0.15, -0.1) is 11.3 Å². The molecule has 2 aromatic rings. The van der Waals surface area contributed by atoms with E-state index in [1.165, 1.54) is 28.4 Å². The summed E-state index contributed by atoms with van der Waals surface area (Å²) in [5.74, 6) is -0.274. The van der Waals surface area contributed by atoms with Gasteiger partial charge >= 0.3 is 0 Å². The normalized spacial score (nSPS) is 21.0. The zero-order chi connectivity index (χ0) is 17.5. The van der Waals surface area contributed by atoms with Gasteiger partial charge in [-0.2, -0.15) is 5.26 Å². The summed E-state index contributed by atoms with van der Waals surface area (Å²) in [6, 6.07) is 8.31. The van der Waals surface area contributed by atoms with Gasteiger partial charge in [0.15, 0.2) is 0 Å². The summed E-state index contributed by atoms with van der Waals surface area (Å²) < 4.78 is 13.5. The first-order chi connectivity index (χ1) is 11.3. The molecular weight excluding hydrogens is 325 g/mol. The number of nitrogens with zero attached hydrogens (tertiary/aromatic N) is 2. The molecule has 0 bridgehead atoms. The summed E-state index contributed by atoms with van der Waals surface area (Å²) in [6.45, 7) is 1.99. The Morgan fingerprint density at radius 2 is 2.12 bits per heavy atom. The van der Waals surface area contributed by atoms with Crippen molar-refractivity contribution in [2.75, 3.05) is 7.05 Å². The third kappa shape index (κ3) is 2.72. The predicted molar refractivity (Wildman–Crippen MR) is 91.5 cm³/mol. The summed E-state index contributed by atoms with van der Waals surface area (Å²) in [5, 5.41) is 19.0. The molecule has 1 fully saturated rings. The van der Waals surface area contributed by atoms with Crippen LogP contribution in [-0.4, -0.2) is 23.7 Å². The Morgan fingerprint density at radius 1 is 1.38 bits per heavy atom. The van der Waals surface area contributed by atoms with Crippen LogP contribution in [-0.2, 0) is 10.2 Å². The van der Waals surface area contributed by atoms with E-state index in [9.17, 15) is 9.18 Å². The van der Waals surface area contributed by atoms with Crippen LogP contribution in [0.1, 0.15) is 30.9 Å². The van der Waals surface area contributed by atoms with Gasteiger partial charge in [-0.3, -0.25) is 10.2 Å². The second kappa shape index (κ2) is 5.84. The topological polar surface area (TPSA) is 68.0 Å². The molecule has 3 rings (SSSR count). The number of amides is 1. The van der Waals surface area contributed by atoms with E-state index in [1.54, 1.807) is 13.1 Å². The quantitative estimate of drug-likeness (QED) is 0.900. The summed E-state index contributed by atoms with van der Waals surface area (Å²) in [5.41, 5.74) is 1.39. The van der Waals surface area contributed by atoms with Crippen molar-refractivity contribution >= 4 is 23.1 Å². The minimum absolute atomic E-state index is 0.0184. The SMILES string of the molecule is CN1C(=N)C[C@](C)(c2csc(-c3ccc(F)c(C#N)c3)c2)CC1=O. The van der Waals surface area contributed by atoms with E-state index >= 15 is 0 Å². The summed E-state index contributed by atoms with van der Waals surface area (Å²) >= 11 is 1.50. The van der Waals surface area contributed by atoms with Crippen LogP contribution in [0.5, 0.6) is 0 Å². The van der Waals surface area contributed by atoms with E-state index < -0.39 is 11.2 Å². The zero-order valence-electron chi connectivity index (χ0n) is 13.4. The highest BCUT2D eigenvalue weighted by atomic mass is 32.1. The number of benzene rings is 1. The smallest absolute Gasteiger partial charge is 0.228 e. The van der Waals surface area contributed by atoms with Gasteiger partial charge in [-0.25, -0.2) is 4.39 Å². The number of carbonyl (C=O) groups is 1. The van der Waals surface area contributed by atoms with Gasteiger partial charge < -0.3 is 4.90 Å². The number of halogens is 1. The summed E-state index contributed by atoms with van der Waals surface area (Å²) in [7, 11) is 1.63. The molecule has 1 aromatic carbocycles. The van der Waals surface area contributed by atoms with Crippen LogP contribution in [0, 0.1) is 22.6 Å². The van der Waals surface area contributed by atoms with Crippen LogP contribution in [0.4, 0.5) is 4.39 Å². The van der Waals surface area contributed by atoms with E-state index in [-0.39, 0.29) is 11.5 Å². The lowest BCUT2D eigenvalue weighted by atomic mass is 9.75. The first kappa shape index (κ1) is 16.3. The fraction of sp³-hybridized carbons (Fsp3) is 0.278. The van der Waals surface area contributed by atoms with Crippen molar-refractivity contribution in [3.05, 3.63) is 46.6 Å². The molecule has 1 amide bonds. The molecule has 1 aromatic heterocycles. The van der Waals surface area contributed by atoms with E-state index in [0.717, 1.165) is 16.0 Å². The molecular formula is C18H16FN3OS. The first-order valence-corrected chi connectivity index (χ1v) is 8.35. The van der Waals surface area contributed by atoms with E-state index in [4.69, 9.17) is 10.7 Å². The van der Waals surface area contributed by atoms with Crippen molar-refractivity contribution in [3.8, 4) is 16.5 Å². The highest BCUT2D eigenvalue weighted by Crippen LogP contribution is 2.40. The minimum atomic E-state index is -0.528. The summed E-state index contributed by atoms with van der Waals surface area (Å²) in [4.78, 5) is 14.4. The van der Waals surface area contributed by atoms with Crippen LogP contribution in [0.3, 0.4) is 0 Å². The van der Waals surface area contributed by atoms with Gasteiger partial charge in [0, 0.05) is 30.2 Å². The minimum Gasteiger partial charge on any atom is -0.304 e. The van der Waals surface area contributed by atoms with E-state index in [2.05, 4.69) is 0 Å². The maximum atomic E-state index is 13.5. The van der Waals surface area contributed by atoms with Gasteiger partial charge in [-0.1, -0.05) is 13.0 Å². The van der Waals surface area contributed by atoms with Crippen molar-refractivity contribution in [1.82, 2.24) is 4.90 Å². The fourth-order valence-corrected chi connectivity index (χ4v) is 3.99. The lowest BCUT2D eigenvalue weighted by Gasteiger charge is -2.37. The van der Waals surface area contributed by atoms with E-state index in [0.29, 0.717) is 18.7 Å². The van der Waals surface area contributed by atoms with Crippen molar-refractivity contribution in [3.63, 3.8) is 0 Å².